The van der Waals surface area contributed by atoms with E-state index in [1.807, 2.05) is 20.2 Å². The van der Waals surface area contributed by atoms with Crippen LogP contribution < -0.4 is 0 Å². The highest BCUT2D eigenvalue weighted by molar-refractivity contribution is 5.95. The lowest BCUT2D eigenvalue weighted by molar-refractivity contribution is 0.0815. The van der Waals surface area contributed by atoms with E-state index < -0.39 is 0 Å². The zero-order chi connectivity index (χ0) is 17.4. The van der Waals surface area contributed by atoms with Crippen LogP contribution in [-0.4, -0.2) is 75.0 Å². The molecule has 0 heterocycles. The molecular formula is C17H27N3O3. The van der Waals surface area contributed by atoms with E-state index in [1.165, 1.54) is 4.90 Å². The van der Waals surface area contributed by atoms with E-state index in [0.29, 0.717) is 17.7 Å². The Balaban J connectivity index is 2.58. The highest BCUT2D eigenvalue weighted by Crippen LogP contribution is 2.12. The van der Waals surface area contributed by atoms with E-state index >= 15 is 0 Å². The quantitative estimate of drug-likeness (QED) is 0.770. The lowest BCUT2D eigenvalue weighted by Gasteiger charge is -2.19. The number of nitrogens with zero attached hydrogens (tertiary/aromatic N) is 3. The highest BCUT2D eigenvalue weighted by Gasteiger charge is 2.15. The molecule has 0 saturated heterocycles. The molecule has 6 heteroatoms. The van der Waals surface area contributed by atoms with Gasteiger partial charge in [0.2, 0.25) is 0 Å². The number of carbonyl (C=O) groups excluding carboxylic acids is 2. The first-order chi connectivity index (χ1) is 10.8. The fourth-order valence-corrected chi connectivity index (χ4v) is 2.06. The molecule has 0 spiro atoms. The van der Waals surface area contributed by atoms with Crippen LogP contribution in [0.1, 0.15) is 22.3 Å². The van der Waals surface area contributed by atoms with Gasteiger partial charge in [0.1, 0.15) is 6.61 Å². The Morgan fingerprint density at radius 1 is 1.00 bits per heavy atom. The molecule has 0 aliphatic rings. The van der Waals surface area contributed by atoms with Crippen molar-refractivity contribution in [3.05, 3.63) is 35.4 Å². The number of ether oxygens (including phenoxy) is 1. The minimum atomic E-state index is -0.379. The first kappa shape index (κ1) is 19.0. The molecule has 0 aromatic heterocycles. The molecule has 0 aliphatic heterocycles. The third-order valence-electron chi connectivity index (χ3n) is 3.42. The van der Waals surface area contributed by atoms with E-state index in [9.17, 15) is 9.59 Å². The number of rotatable bonds is 7. The Morgan fingerprint density at radius 2 is 1.65 bits per heavy atom. The zero-order valence-electron chi connectivity index (χ0n) is 14.7. The summed E-state index contributed by atoms with van der Waals surface area (Å²) in [4.78, 5) is 29.3. The van der Waals surface area contributed by atoms with Gasteiger partial charge in [-0.1, -0.05) is 18.2 Å². The van der Waals surface area contributed by atoms with Crippen molar-refractivity contribution in [3.8, 4) is 0 Å². The second kappa shape index (κ2) is 9.15. The van der Waals surface area contributed by atoms with Gasteiger partial charge in [-0.25, -0.2) is 4.79 Å². The van der Waals surface area contributed by atoms with Crippen molar-refractivity contribution >= 4 is 12.0 Å². The maximum atomic E-state index is 12.1. The summed E-state index contributed by atoms with van der Waals surface area (Å²) in [7, 11) is 9.11. The van der Waals surface area contributed by atoms with Crippen molar-refractivity contribution in [2.75, 3.05) is 48.3 Å². The van der Waals surface area contributed by atoms with Gasteiger partial charge in [0, 0.05) is 38.8 Å². The van der Waals surface area contributed by atoms with Gasteiger partial charge < -0.3 is 19.4 Å². The molecule has 0 N–H and O–H groups in total. The lowest BCUT2D eigenvalue weighted by atomic mass is 10.1. The van der Waals surface area contributed by atoms with E-state index in [2.05, 4.69) is 4.90 Å². The Bertz CT molecular complexity index is 530. The van der Waals surface area contributed by atoms with Crippen LogP contribution in [0.25, 0.3) is 0 Å². The lowest BCUT2D eigenvalue weighted by Crippen LogP contribution is -2.30. The Labute approximate surface area is 138 Å². The van der Waals surface area contributed by atoms with Crippen LogP contribution in [0.3, 0.4) is 0 Å². The number of amides is 2. The maximum Gasteiger partial charge on any atom is 0.409 e. The normalized spacial score (nSPS) is 10.5. The van der Waals surface area contributed by atoms with Crippen molar-refractivity contribution in [1.82, 2.24) is 14.7 Å². The summed E-state index contributed by atoms with van der Waals surface area (Å²) in [6, 6.07) is 7.17. The van der Waals surface area contributed by atoms with Crippen LogP contribution in [0.4, 0.5) is 4.79 Å². The molecule has 1 aromatic carbocycles. The monoisotopic (exact) mass is 321 g/mol. The van der Waals surface area contributed by atoms with Gasteiger partial charge in [-0.15, -0.1) is 0 Å². The predicted molar refractivity (Wildman–Crippen MR) is 90.4 cm³/mol. The first-order valence-electron chi connectivity index (χ1n) is 7.65. The van der Waals surface area contributed by atoms with Crippen molar-refractivity contribution in [3.63, 3.8) is 0 Å². The summed E-state index contributed by atoms with van der Waals surface area (Å²) in [5.74, 6) is -0.101. The van der Waals surface area contributed by atoms with Crippen LogP contribution in [-0.2, 0) is 11.3 Å². The van der Waals surface area contributed by atoms with E-state index in [1.54, 1.807) is 44.2 Å². The van der Waals surface area contributed by atoms with E-state index in [0.717, 1.165) is 13.0 Å². The van der Waals surface area contributed by atoms with E-state index in [4.69, 9.17) is 4.74 Å². The molecule has 1 aromatic rings. The molecule has 23 heavy (non-hydrogen) atoms. The van der Waals surface area contributed by atoms with Gasteiger partial charge in [0.05, 0.1) is 0 Å². The fourth-order valence-electron chi connectivity index (χ4n) is 2.06. The second-order valence-electron chi connectivity index (χ2n) is 5.99. The van der Waals surface area contributed by atoms with Crippen LogP contribution in [0.15, 0.2) is 24.3 Å². The molecule has 0 aliphatic carbocycles. The van der Waals surface area contributed by atoms with Crippen molar-refractivity contribution in [2.24, 2.45) is 0 Å². The van der Waals surface area contributed by atoms with Gasteiger partial charge in [-0.05, 0) is 33.1 Å². The third-order valence-corrected chi connectivity index (χ3v) is 3.42. The SMILES string of the molecule is CN(C)CCCN(C)C(=O)OCc1ccccc1C(=O)N(C)C. The van der Waals surface area contributed by atoms with Gasteiger partial charge in [-0.3, -0.25) is 4.79 Å². The maximum absolute atomic E-state index is 12.1. The molecule has 0 fully saturated rings. The average molecular weight is 321 g/mol. The van der Waals surface area contributed by atoms with Gasteiger partial charge >= 0.3 is 6.09 Å². The number of benzene rings is 1. The minimum Gasteiger partial charge on any atom is -0.445 e. The smallest absolute Gasteiger partial charge is 0.409 e. The van der Waals surface area contributed by atoms with Crippen LogP contribution in [0, 0.1) is 0 Å². The first-order valence-corrected chi connectivity index (χ1v) is 7.65. The molecule has 0 unspecified atom stereocenters. The largest absolute Gasteiger partial charge is 0.445 e. The summed E-state index contributed by atoms with van der Waals surface area (Å²) < 4.78 is 5.32. The standard InChI is InChI=1S/C17H27N3O3/c1-18(2)11-8-12-20(5)17(22)23-13-14-9-6-7-10-15(14)16(21)19(3)4/h6-7,9-10H,8,11-13H2,1-5H3. The molecular weight excluding hydrogens is 294 g/mol. The molecule has 6 nitrogen and oxygen atoms in total. The Hall–Kier alpha value is -2.08. The van der Waals surface area contributed by atoms with E-state index in [-0.39, 0.29) is 18.6 Å². The summed E-state index contributed by atoms with van der Waals surface area (Å²) in [6.45, 7) is 1.64. The fraction of sp³-hybridized carbons (Fsp3) is 0.529. The number of hydrogen-bond donors (Lipinski definition) is 0. The van der Waals surface area contributed by atoms with Crippen molar-refractivity contribution in [2.45, 2.75) is 13.0 Å². The summed E-state index contributed by atoms with van der Waals surface area (Å²) in [5.41, 5.74) is 1.27. The van der Waals surface area contributed by atoms with Crippen LogP contribution >= 0.6 is 0 Å². The van der Waals surface area contributed by atoms with Gasteiger partial charge in [0.25, 0.3) is 5.91 Å². The Kier molecular flexibility index (Phi) is 7.54. The molecule has 0 radical (unpaired) electrons. The average Bonchev–Trinajstić information content (AvgIpc) is 2.51. The van der Waals surface area contributed by atoms with Crippen LogP contribution in [0.2, 0.25) is 0 Å². The third kappa shape index (κ3) is 6.28. The molecule has 0 bridgehead atoms. The second-order valence-corrected chi connectivity index (χ2v) is 5.99. The van der Waals surface area contributed by atoms with Gasteiger partial charge in [0.15, 0.2) is 0 Å². The Morgan fingerprint density at radius 3 is 2.26 bits per heavy atom. The van der Waals surface area contributed by atoms with Crippen LogP contribution in [0.5, 0.6) is 0 Å². The number of hydrogen-bond acceptors (Lipinski definition) is 4. The number of carbonyl (C=O) groups is 2. The summed E-state index contributed by atoms with van der Waals surface area (Å²) >= 11 is 0. The van der Waals surface area contributed by atoms with Crippen molar-refractivity contribution in [1.29, 1.82) is 0 Å². The topological polar surface area (TPSA) is 53.1 Å². The summed E-state index contributed by atoms with van der Waals surface area (Å²) in [6.07, 6.45) is 0.504. The predicted octanol–water partition coefficient (Wildman–Crippen LogP) is 1.91. The molecule has 0 atom stereocenters. The van der Waals surface area contributed by atoms with Crippen molar-refractivity contribution < 1.29 is 14.3 Å². The van der Waals surface area contributed by atoms with Gasteiger partial charge in [-0.2, -0.15) is 0 Å². The zero-order valence-corrected chi connectivity index (χ0v) is 14.7. The molecule has 1 rings (SSSR count). The minimum absolute atomic E-state index is 0.0899. The highest BCUT2D eigenvalue weighted by atomic mass is 16.6. The molecule has 2 amide bonds. The molecule has 128 valence electrons. The summed E-state index contributed by atoms with van der Waals surface area (Å²) in [5, 5.41) is 0. The molecule has 0 saturated carbocycles.